The first kappa shape index (κ1) is 22.9. The summed E-state index contributed by atoms with van der Waals surface area (Å²) in [5.41, 5.74) is 2.15. The zero-order valence-corrected chi connectivity index (χ0v) is 19.1. The SMILES string of the molecule is Cc1ccc(C2CC2C(=O)N2CCCC(NS(C)(=O)=O)CC2)c(-c2c(F)cccc2F)c1. The van der Waals surface area contributed by atoms with E-state index in [9.17, 15) is 22.0 Å². The van der Waals surface area contributed by atoms with Crippen LogP contribution < -0.4 is 4.72 Å². The van der Waals surface area contributed by atoms with Gasteiger partial charge in [0.1, 0.15) is 11.6 Å². The summed E-state index contributed by atoms with van der Waals surface area (Å²) >= 11 is 0. The molecule has 1 N–H and O–H groups in total. The van der Waals surface area contributed by atoms with Crippen molar-refractivity contribution < 1.29 is 22.0 Å². The molecule has 2 aromatic carbocycles. The quantitative estimate of drug-likeness (QED) is 0.731. The lowest BCUT2D eigenvalue weighted by Gasteiger charge is -2.21. The van der Waals surface area contributed by atoms with Crippen molar-refractivity contribution in [2.24, 2.45) is 5.92 Å². The van der Waals surface area contributed by atoms with Crippen LogP contribution in [0.2, 0.25) is 0 Å². The number of carbonyl (C=O) groups excluding carboxylic acids is 1. The normalized spacial score (nSPS) is 23.6. The number of aryl methyl sites for hydroxylation is 1. The van der Waals surface area contributed by atoms with Crippen LogP contribution >= 0.6 is 0 Å². The summed E-state index contributed by atoms with van der Waals surface area (Å²) in [7, 11) is -3.28. The first-order valence-corrected chi connectivity index (χ1v) is 12.8. The van der Waals surface area contributed by atoms with Gasteiger partial charge in [0.25, 0.3) is 0 Å². The van der Waals surface area contributed by atoms with Gasteiger partial charge < -0.3 is 4.90 Å². The number of carbonyl (C=O) groups is 1. The molecule has 4 rings (SSSR count). The molecule has 1 aliphatic carbocycles. The molecule has 0 aromatic heterocycles. The van der Waals surface area contributed by atoms with E-state index >= 15 is 0 Å². The number of benzene rings is 2. The molecule has 0 radical (unpaired) electrons. The van der Waals surface area contributed by atoms with E-state index in [0.29, 0.717) is 37.9 Å². The molecule has 1 aliphatic heterocycles. The Morgan fingerprint density at radius 3 is 2.50 bits per heavy atom. The van der Waals surface area contributed by atoms with Crippen LogP contribution in [0, 0.1) is 24.5 Å². The topological polar surface area (TPSA) is 66.5 Å². The third kappa shape index (κ3) is 5.02. The van der Waals surface area contributed by atoms with Gasteiger partial charge in [-0.1, -0.05) is 29.8 Å². The second-order valence-corrected chi connectivity index (χ2v) is 10.8. The maximum absolute atomic E-state index is 14.5. The van der Waals surface area contributed by atoms with Crippen molar-refractivity contribution >= 4 is 15.9 Å². The van der Waals surface area contributed by atoms with Crippen molar-refractivity contribution in [2.75, 3.05) is 19.3 Å². The van der Waals surface area contributed by atoms with Gasteiger partial charge in [0.15, 0.2) is 0 Å². The summed E-state index contributed by atoms with van der Waals surface area (Å²) in [5.74, 6) is -1.49. The highest BCUT2D eigenvalue weighted by atomic mass is 32.2. The number of sulfonamides is 1. The predicted molar refractivity (Wildman–Crippen MR) is 120 cm³/mol. The summed E-state index contributed by atoms with van der Waals surface area (Å²) in [6.45, 7) is 2.96. The molecule has 5 nitrogen and oxygen atoms in total. The molecule has 1 heterocycles. The van der Waals surface area contributed by atoms with Crippen LogP contribution in [0.3, 0.4) is 0 Å². The summed E-state index contributed by atoms with van der Waals surface area (Å²) in [4.78, 5) is 15.0. The van der Waals surface area contributed by atoms with E-state index in [1.807, 2.05) is 24.0 Å². The monoisotopic (exact) mass is 462 g/mol. The number of hydrogen-bond acceptors (Lipinski definition) is 3. The van der Waals surface area contributed by atoms with Crippen LogP contribution in [0.1, 0.15) is 42.7 Å². The summed E-state index contributed by atoms with van der Waals surface area (Å²) in [6, 6.07) is 9.25. The van der Waals surface area contributed by atoms with E-state index in [-0.39, 0.29) is 29.3 Å². The highest BCUT2D eigenvalue weighted by Crippen LogP contribution is 2.52. The third-order valence-corrected chi connectivity index (χ3v) is 7.13. The largest absolute Gasteiger partial charge is 0.342 e. The molecule has 172 valence electrons. The lowest BCUT2D eigenvalue weighted by molar-refractivity contribution is -0.132. The Kier molecular flexibility index (Phi) is 6.36. The molecule has 0 spiro atoms. The van der Waals surface area contributed by atoms with Gasteiger partial charge in [-0.05, 0) is 61.8 Å². The lowest BCUT2D eigenvalue weighted by Crippen LogP contribution is -2.36. The minimum Gasteiger partial charge on any atom is -0.342 e. The molecule has 1 amide bonds. The van der Waals surface area contributed by atoms with Crippen molar-refractivity contribution in [1.82, 2.24) is 9.62 Å². The minimum atomic E-state index is -3.28. The highest BCUT2D eigenvalue weighted by molar-refractivity contribution is 7.88. The Labute approximate surface area is 187 Å². The molecular weight excluding hydrogens is 434 g/mol. The van der Waals surface area contributed by atoms with E-state index in [2.05, 4.69) is 4.72 Å². The van der Waals surface area contributed by atoms with Gasteiger partial charge >= 0.3 is 0 Å². The molecule has 2 fully saturated rings. The van der Waals surface area contributed by atoms with Gasteiger partial charge in [-0.25, -0.2) is 21.9 Å². The first-order chi connectivity index (χ1) is 15.1. The van der Waals surface area contributed by atoms with Crippen LogP contribution in [-0.4, -0.2) is 44.6 Å². The van der Waals surface area contributed by atoms with Crippen molar-refractivity contribution in [3.05, 3.63) is 59.2 Å². The second kappa shape index (κ2) is 8.90. The van der Waals surface area contributed by atoms with Crippen molar-refractivity contribution in [2.45, 2.75) is 44.6 Å². The van der Waals surface area contributed by atoms with Crippen LogP contribution in [0.15, 0.2) is 36.4 Å². The number of nitrogens with zero attached hydrogens (tertiary/aromatic N) is 1. The first-order valence-electron chi connectivity index (χ1n) is 10.9. The average molecular weight is 463 g/mol. The maximum atomic E-state index is 14.5. The molecule has 2 aromatic rings. The second-order valence-electron chi connectivity index (χ2n) is 8.98. The Hall–Kier alpha value is -2.32. The molecule has 3 unspecified atom stereocenters. The minimum absolute atomic E-state index is 0.0375. The van der Waals surface area contributed by atoms with Crippen molar-refractivity contribution in [3.8, 4) is 11.1 Å². The predicted octanol–water partition coefficient (Wildman–Crippen LogP) is 3.97. The smallest absolute Gasteiger partial charge is 0.226 e. The van der Waals surface area contributed by atoms with Crippen LogP contribution in [0.5, 0.6) is 0 Å². The number of halogens is 2. The number of likely N-dealkylation sites (tertiary alicyclic amines) is 1. The fourth-order valence-corrected chi connectivity index (χ4v) is 5.59. The van der Waals surface area contributed by atoms with E-state index in [4.69, 9.17) is 0 Å². The van der Waals surface area contributed by atoms with Gasteiger partial charge in [0.2, 0.25) is 15.9 Å². The lowest BCUT2D eigenvalue weighted by atomic mass is 9.93. The van der Waals surface area contributed by atoms with Crippen molar-refractivity contribution in [1.29, 1.82) is 0 Å². The average Bonchev–Trinajstić information content (AvgIpc) is 3.51. The molecule has 1 saturated heterocycles. The molecule has 2 aliphatic rings. The fraction of sp³-hybridized carbons (Fsp3) is 0.458. The summed E-state index contributed by atoms with van der Waals surface area (Å²) in [5, 5.41) is 0. The maximum Gasteiger partial charge on any atom is 0.226 e. The zero-order chi connectivity index (χ0) is 23.0. The standard InChI is InChI=1S/C24H28F2N2O3S/c1-15-8-9-17(19(13-15)23-21(25)6-3-7-22(23)26)18-14-20(18)24(29)28-11-4-5-16(10-12-28)27-32(2,30)31/h3,6-9,13,16,18,20,27H,4-5,10-12,14H2,1-2H3. The number of rotatable bonds is 5. The van der Waals surface area contributed by atoms with Gasteiger partial charge in [-0.3, -0.25) is 4.79 Å². The van der Waals surface area contributed by atoms with Crippen LogP contribution in [0.4, 0.5) is 8.78 Å². The highest BCUT2D eigenvalue weighted by Gasteiger charge is 2.47. The Bertz CT molecular complexity index is 1120. The molecule has 3 atom stereocenters. The molecule has 1 saturated carbocycles. The molecule has 0 bridgehead atoms. The Morgan fingerprint density at radius 1 is 1.09 bits per heavy atom. The number of hydrogen-bond donors (Lipinski definition) is 1. The van der Waals surface area contributed by atoms with Gasteiger partial charge in [0, 0.05) is 25.0 Å². The molecule has 32 heavy (non-hydrogen) atoms. The molecule has 8 heteroatoms. The van der Waals surface area contributed by atoms with Gasteiger partial charge in [-0.2, -0.15) is 0 Å². The molecular formula is C24H28F2N2O3S. The van der Waals surface area contributed by atoms with Gasteiger partial charge in [0.05, 0.1) is 11.8 Å². The number of nitrogens with one attached hydrogen (secondary N) is 1. The Balaban J connectivity index is 1.51. The van der Waals surface area contributed by atoms with Crippen LogP contribution in [0.25, 0.3) is 11.1 Å². The van der Waals surface area contributed by atoms with E-state index < -0.39 is 21.7 Å². The van der Waals surface area contributed by atoms with Crippen molar-refractivity contribution in [3.63, 3.8) is 0 Å². The van der Waals surface area contributed by atoms with E-state index in [1.54, 1.807) is 6.07 Å². The summed E-state index contributed by atoms with van der Waals surface area (Å²) < 4.78 is 54.7. The Morgan fingerprint density at radius 2 is 1.81 bits per heavy atom. The van der Waals surface area contributed by atoms with E-state index in [1.165, 1.54) is 18.2 Å². The summed E-state index contributed by atoms with van der Waals surface area (Å²) in [6.07, 6.45) is 3.79. The third-order valence-electron chi connectivity index (χ3n) is 6.37. The van der Waals surface area contributed by atoms with Crippen LogP contribution in [-0.2, 0) is 14.8 Å². The zero-order valence-electron chi connectivity index (χ0n) is 18.3. The fourth-order valence-electron chi connectivity index (χ4n) is 4.75. The number of amides is 1. The van der Waals surface area contributed by atoms with E-state index in [0.717, 1.165) is 23.8 Å². The van der Waals surface area contributed by atoms with Gasteiger partial charge in [-0.15, -0.1) is 0 Å².